The standard InChI is InChI=1S/C14H20O4/c1-5-6-7-8-9-14(3)12(16)11(10(2)15)13(17-4)18-14/h6-10,15H,5H2,1-4H3/b7-6+,9-8+/t10?,14-/m1/s1. The third-order valence-electron chi connectivity index (χ3n) is 2.72. The van der Waals surface area contributed by atoms with E-state index in [1.54, 1.807) is 19.1 Å². The van der Waals surface area contributed by atoms with Gasteiger partial charge in [-0.1, -0.05) is 25.2 Å². The van der Waals surface area contributed by atoms with Crippen LogP contribution in [0.25, 0.3) is 0 Å². The fourth-order valence-electron chi connectivity index (χ4n) is 1.73. The summed E-state index contributed by atoms with van der Waals surface area (Å²) in [5, 5.41) is 9.59. The van der Waals surface area contributed by atoms with E-state index in [1.165, 1.54) is 14.0 Å². The predicted molar refractivity (Wildman–Crippen MR) is 68.8 cm³/mol. The average molecular weight is 252 g/mol. The quantitative estimate of drug-likeness (QED) is 0.761. The molecule has 1 N–H and O–H groups in total. The summed E-state index contributed by atoms with van der Waals surface area (Å²) in [5.74, 6) is -0.169. The lowest BCUT2D eigenvalue weighted by Gasteiger charge is -2.18. The van der Waals surface area contributed by atoms with Gasteiger partial charge in [-0.3, -0.25) is 4.79 Å². The first kappa shape index (κ1) is 14.5. The number of carbonyl (C=O) groups excluding carboxylic acids is 1. The van der Waals surface area contributed by atoms with Crippen molar-refractivity contribution in [2.75, 3.05) is 7.11 Å². The van der Waals surface area contributed by atoms with Gasteiger partial charge in [0.25, 0.3) is 5.95 Å². The zero-order valence-corrected chi connectivity index (χ0v) is 11.3. The van der Waals surface area contributed by atoms with Gasteiger partial charge >= 0.3 is 0 Å². The minimum atomic E-state index is -1.10. The van der Waals surface area contributed by atoms with E-state index in [1.807, 2.05) is 19.1 Å². The maximum absolute atomic E-state index is 12.2. The van der Waals surface area contributed by atoms with Crippen LogP contribution in [0.15, 0.2) is 35.8 Å². The third-order valence-corrected chi connectivity index (χ3v) is 2.72. The molecule has 0 aliphatic carbocycles. The summed E-state index contributed by atoms with van der Waals surface area (Å²) in [4.78, 5) is 12.2. The maximum Gasteiger partial charge on any atom is 0.290 e. The molecule has 0 aromatic heterocycles. The Balaban J connectivity index is 2.94. The van der Waals surface area contributed by atoms with E-state index in [0.29, 0.717) is 0 Å². The summed E-state index contributed by atoms with van der Waals surface area (Å²) < 4.78 is 10.5. The highest BCUT2D eigenvalue weighted by molar-refractivity contribution is 6.05. The van der Waals surface area contributed by atoms with Crippen molar-refractivity contribution in [2.24, 2.45) is 0 Å². The van der Waals surface area contributed by atoms with Gasteiger partial charge in [-0.25, -0.2) is 0 Å². The summed E-state index contributed by atoms with van der Waals surface area (Å²) in [6.07, 6.45) is 7.27. The van der Waals surface area contributed by atoms with Gasteiger partial charge in [0, 0.05) is 0 Å². The lowest BCUT2D eigenvalue weighted by atomic mass is 9.94. The molecule has 0 bridgehead atoms. The number of methoxy groups -OCH3 is 1. The van der Waals surface area contributed by atoms with Crippen LogP contribution in [0.3, 0.4) is 0 Å². The van der Waals surface area contributed by atoms with Gasteiger partial charge in [0.15, 0.2) is 5.60 Å². The highest BCUT2D eigenvalue weighted by atomic mass is 16.7. The molecule has 1 heterocycles. The fraction of sp³-hybridized carbons (Fsp3) is 0.500. The molecule has 2 atom stereocenters. The smallest absolute Gasteiger partial charge is 0.290 e. The number of carbonyl (C=O) groups is 1. The molecule has 0 saturated carbocycles. The molecule has 1 aliphatic rings. The number of hydrogen-bond donors (Lipinski definition) is 1. The largest absolute Gasteiger partial charge is 0.468 e. The Hall–Kier alpha value is -1.55. The van der Waals surface area contributed by atoms with E-state index in [0.717, 1.165) is 6.42 Å². The summed E-state index contributed by atoms with van der Waals surface area (Å²) in [6.45, 7) is 5.20. The molecule has 0 aromatic carbocycles. The molecule has 0 fully saturated rings. The lowest BCUT2D eigenvalue weighted by molar-refractivity contribution is -0.127. The van der Waals surface area contributed by atoms with E-state index in [4.69, 9.17) is 9.47 Å². The van der Waals surface area contributed by atoms with E-state index in [-0.39, 0.29) is 17.3 Å². The second-order valence-electron chi connectivity index (χ2n) is 4.31. The summed E-state index contributed by atoms with van der Waals surface area (Å²) in [5.41, 5.74) is -0.917. The number of allylic oxidation sites excluding steroid dienone is 3. The van der Waals surface area contributed by atoms with Crippen molar-refractivity contribution in [3.05, 3.63) is 35.8 Å². The van der Waals surface area contributed by atoms with Crippen molar-refractivity contribution in [3.8, 4) is 0 Å². The Kier molecular flexibility index (Phi) is 4.73. The number of rotatable bonds is 5. The Morgan fingerprint density at radius 3 is 2.61 bits per heavy atom. The predicted octanol–water partition coefficient (Wildman–Crippen LogP) is 2.11. The van der Waals surface area contributed by atoms with Crippen molar-refractivity contribution in [3.63, 3.8) is 0 Å². The van der Waals surface area contributed by atoms with Crippen LogP contribution < -0.4 is 0 Å². The molecule has 1 aliphatic heterocycles. The van der Waals surface area contributed by atoms with Crippen LogP contribution in [0.2, 0.25) is 0 Å². The summed E-state index contributed by atoms with van der Waals surface area (Å²) in [7, 11) is 1.41. The number of ketones is 1. The number of aliphatic hydroxyl groups is 1. The molecular formula is C14H20O4. The van der Waals surface area contributed by atoms with Crippen LogP contribution in [0.5, 0.6) is 0 Å². The van der Waals surface area contributed by atoms with E-state index < -0.39 is 11.7 Å². The molecule has 1 unspecified atom stereocenters. The normalized spacial score (nSPS) is 26.2. The minimum Gasteiger partial charge on any atom is -0.468 e. The summed E-state index contributed by atoms with van der Waals surface area (Å²) >= 11 is 0. The van der Waals surface area contributed by atoms with Gasteiger partial charge in [-0.15, -0.1) is 0 Å². The molecule has 18 heavy (non-hydrogen) atoms. The molecule has 0 spiro atoms. The van der Waals surface area contributed by atoms with Crippen molar-refractivity contribution >= 4 is 5.78 Å². The molecule has 100 valence electrons. The molecule has 4 nitrogen and oxygen atoms in total. The highest BCUT2D eigenvalue weighted by Gasteiger charge is 2.46. The number of aliphatic hydroxyl groups excluding tert-OH is 1. The van der Waals surface area contributed by atoms with Crippen LogP contribution in [-0.2, 0) is 14.3 Å². The van der Waals surface area contributed by atoms with Crippen molar-refractivity contribution in [2.45, 2.75) is 38.9 Å². The van der Waals surface area contributed by atoms with Gasteiger partial charge in [-0.2, -0.15) is 0 Å². The van der Waals surface area contributed by atoms with Gasteiger partial charge in [0.1, 0.15) is 5.57 Å². The third kappa shape index (κ3) is 2.82. The average Bonchev–Trinajstić information content (AvgIpc) is 2.58. The topological polar surface area (TPSA) is 55.8 Å². The maximum atomic E-state index is 12.2. The van der Waals surface area contributed by atoms with Crippen molar-refractivity contribution in [1.82, 2.24) is 0 Å². The van der Waals surface area contributed by atoms with Gasteiger partial charge in [-0.05, 0) is 26.3 Å². The molecule has 0 amide bonds. The van der Waals surface area contributed by atoms with Crippen LogP contribution in [0.4, 0.5) is 0 Å². The molecular weight excluding hydrogens is 232 g/mol. The molecule has 0 aromatic rings. The molecule has 0 saturated heterocycles. The first-order chi connectivity index (χ1) is 8.46. The summed E-state index contributed by atoms with van der Waals surface area (Å²) in [6, 6.07) is 0. The van der Waals surface area contributed by atoms with Crippen LogP contribution in [0, 0.1) is 0 Å². The zero-order valence-electron chi connectivity index (χ0n) is 11.3. The van der Waals surface area contributed by atoms with E-state index >= 15 is 0 Å². The first-order valence-electron chi connectivity index (χ1n) is 6.00. The lowest BCUT2D eigenvalue weighted by Crippen LogP contribution is -2.33. The van der Waals surface area contributed by atoms with Crippen LogP contribution in [0.1, 0.15) is 27.2 Å². The molecule has 1 rings (SSSR count). The highest BCUT2D eigenvalue weighted by Crippen LogP contribution is 2.33. The minimum absolute atomic E-state index is 0.0987. The Bertz CT molecular complexity index is 404. The van der Waals surface area contributed by atoms with Crippen LogP contribution >= 0.6 is 0 Å². The monoisotopic (exact) mass is 252 g/mol. The Labute approximate surface area is 108 Å². The number of Topliss-reactive ketones (excluding diaryl/α,β-unsaturated/α-hetero) is 1. The second kappa shape index (κ2) is 5.87. The SMILES string of the molecule is CC/C=C/C=C/[C@@]1(C)OC(OC)=C(C(C)O)C1=O. The first-order valence-corrected chi connectivity index (χ1v) is 6.00. The fourth-order valence-corrected chi connectivity index (χ4v) is 1.73. The van der Waals surface area contributed by atoms with Crippen molar-refractivity contribution in [1.29, 1.82) is 0 Å². The van der Waals surface area contributed by atoms with Crippen molar-refractivity contribution < 1.29 is 19.4 Å². The van der Waals surface area contributed by atoms with E-state index in [2.05, 4.69) is 0 Å². The zero-order chi connectivity index (χ0) is 13.8. The molecule has 4 heteroatoms. The van der Waals surface area contributed by atoms with Gasteiger partial charge < -0.3 is 14.6 Å². The number of ether oxygens (including phenoxy) is 2. The Morgan fingerprint density at radius 2 is 2.17 bits per heavy atom. The van der Waals surface area contributed by atoms with Gasteiger partial charge in [0.2, 0.25) is 5.78 Å². The Morgan fingerprint density at radius 1 is 1.50 bits per heavy atom. The second-order valence-corrected chi connectivity index (χ2v) is 4.31. The molecule has 0 radical (unpaired) electrons. The number of hydrogen-bond acceptors (Lipinski definition) is 4. The van der Waals surface area contributed by atoms with Crippen LogP contribution in [-0.4, -0.2) is 29.7 Å². The van der Waals surface area contributed by atoms with Gasteiger partial charge in [0.05, 0.1) is 13.2 Å². The van der Waals surface area contributed by atoms with E-state index in [9.17, 15) is 9.90 Å².